The molecule has 3 rings (SSSR count). The van der Waals surface area contributed by atoms with E-state index in [2.05, 4.69) is 4.99 Å². The summed E-state index contributed by atoms with van der Waals surface area (Å²) in [5.41, 5.74) is 1.60. The number of methoxy groups -OCH3 is 1. The van der Waals surface area contributed by atoms with Crippen LogP contribution < -0.4 is 0 Å². The smallest absolute Gasteiger partial charge is 0.355 e. The molecule has 0 radical (unpaired) electrons. The van der Waals surface area contributed by atoms with Crippen LogP contribution in [0.1, 0.15) is 5.56 Å². The molecule has 7 nitrogen and oxygen atoms in total. The maximum absolute atomic E-state index is 12.8. The van der Waals surface area contributed by atoms with E-state index in [1.807, 2.05) is 30.3 Å². The van der Waals surface area contributed by atoms with Crippen LogP contribution in [-0.2, 0) is 23.8 Å². The number of amides is 1. The predicted molar refractivity (Wildman–Crippen MR) is 117 cm³/mol. The number of hydrogen-bond acceptors (Lipinski definition) is 7. The molecule has 0 spiro atoms. The molecule has 1 amide bonds. The van der Waals surface area contributed by atoms with Crippen molar-refractivity contribution in [3.63, 3.8) is 0 Å². The van der Waals surface area contributed by atoms with Gasteiger partial charge in [0, 0.05) is 19.1 Å². The number of alkyl halides is 3. The molecule has 1 aromatic rings. The number of halogens is 3. The Hall–Kier alpha value is -1.29. The van der Waals surface area contributed by atoms with Crippen LogP contribution in [0.4, 0.5) is 0 Å². The Morgan fingerprint density at radius 1 is 1.33 bits per heavy atom. The van der Waals surface area contributed by atoms with Gasteiger partial charge in [0.2, 0.25) is 3.79 Å². The van der Waals surface area contributed by atoms with Crippen LogP contribution in [0.25, 0.3) is 0 Å². The Morgan fingerprint density at radius 2 is 2.07 bits per heavy atom. The number of carbonyl (C=O) groups is 2. The van der Waals surface area contributed by atoms with Crippen molar-refractivity contribution >= 4 is 64.7 Å². The van der Waals surface area contributed by atoms with Crippen LogP contribution in [-0.4, -0.2) is 71.1 Å². The molecule has 0 bridgehead atoms. The number of β-lactam (4-membered cyclic amide) rings is 1. The summed E-state index contributed by atoms with van der Waals surface area (Å²) in [6, 6.07) is 8.87. The molecule has 162 valence electrons. The van der Waals surface area contributed by atoms with Crippen molar-refractivity contribution in [2.75, 3.05) is 32.9 Å². The molecular formula is C19H19Cl3N2O5S. The van der Waals surface area contributed by atoms with E-state index in [4.69, 9.17) is 49.0 Å². The van der Waals surface area contributed by atoms with Gasteiger partial charge in [-0.1, -0.05) is 65.1 Å². The van der Waals surface area contributed by atoms with E-state index >= 15 is 0 Å². The van der Waals surface area contributed by atoms with Crippen molar-refractivity contribution in [3.05, 3.63) is 47.2 Å². The van der Waals surface area contributed by atoms with Gasteiger partial charge in [0.15, 0.2) is 6.04 Å². The van der Waals surface area contributed by atoms with Gasteiger partial charge in [0.1, 0.15) is 24.5 Å². The molecule has 11 heteroatoms. The van der Waals surface area contributed by atoms with Gasteiger partial charge in [-0.2, -0.15) is 0 Å². The maximum Gasteiger partial charge on any atom is 0.355 e. The first-order chi connectivity index (χ1) is 14.3. The minimum atomic E-state index is -1.76. The fourth-order valence-electron chi connectivity index (χ4n) is 2.94. The molecule has 0 aliphatic carbocycles. The van der Waals surface area contributed by atoms with E-state index in [9.17, 15) is 9.59 Å². The lowest BCUT2D eigenvalue weighted by Crippen LogP contribution is -2.64. The molecular weight excluding hydrogens is 475 g/mol. The highest BCUT2D eigenvalue weighted by molar-refractivity contribution is 8.00. The SMILES string of the molecule is COCOCC1=C(C(=O)OCC(Cl)(Cl)Cl)N2C(=O)[C@H](N=Cc3ccccc3)[C@H]2SC1. The molecule has 0 unspecified atom stereocenters. The fourth-order valence-corrected chi connectivity index (χ4v) is 4.42. The zero-order valence-electron chi connectivity index (χ0n) is 15.9. The lowest BCUT2D eigenvalue weighted by atomic mass is 10.0. The standard InChI is InChI=1S/C19H19Cl3N2O5S/c1-27-11-28-8-13-9-30-17-14(23-7-12-5-3-2-4-6-12)16(25)24(17)15(13)18(26)29-10-19(20,21)22/h2-7,14,17H,8-11H2,1H3/t14-,17+/m0/s1. The van der Waals surface area contributed by atoms with E-state index in [-0.39, 0.29) is 30.4 Å². The minimum Gasteiger partial charge on any atom is -0.456 e. The summed E-state index contributed by atoms with van der Waals surface area (Å²) < 4.78 is 13.6. The van der Waals surface area contributed by atoms with Gasteiger partial charge in [-0.25, -0.2) is 4.79 Å². The third kappa shape index (κ3) is 5.69. The molecule has 2 heterocycles. The van der Waals surface area contributed by atoms with Crippen LogP contribution in [0, 0.1) is 0 Å². The molecule has 2 aliphatic rings. The van der Waals surface area contributed by atoms with E-state index in [0.717, 1.165) is 5.56 Å². The Balaban J connectivity index is 1.78. The molecule has 2 aliphatic heterocycles. The highest BCUT2D eigenvalue weighted by Gasteiger charge is 2.54. The van der Waals surface area contributed by atoms with Crippen molar-refractivity contribution in [1.29, 1.82) is 0 Å². The molecule has 1 saturated heterocycles. The number of thioether (sulfide) groups is 1. The monoisotopic (exact) mass is 492 g/mol. The number of rotatable bonds is 8. The quantitative estimate of drug-likeness (QED) is 0.138. The largest absolute Gasteiger partial charge is 0.456 e. The second-order valence-electron chi connectivity index (χ2n) is 6.44. The molecule has 30 heavy (non-hydrogen) atoms. The van der Waals surface area contributed by atoms with Crippen LogP contribution in [0.3, 0.4) is 0 Å². The van der Waals surface area contributed by atoms with Crippen molar-refractivity contribution in [2.24, 2.45) is 4.99 Å². The minimum absolute atomic E-state index is 0.0476. The molecule has 2 atom stereocenters. The van der Waals surface area contributed by atoms with Crippen molar-refractivity contribution in [2.45, 2.75) is 15.2 Å². The molecule has 1 aromatic carbocycles. The Kier molecular flexibility index (Phi) is 8.06. The predicted octanol–water partition coefficient (Wildman–Crippen LogP) is 3.18. The van der Waals surface area contributed by atoms with Crippen LogP contribution >= 0.6 is 46.6 Å². The Labute approximate surface area is 193 Å². The summed E-state index contributed by atoms with van der Waals surface area (Å²) in [6.45, 7) is -0.291. The van der Waals surface area contributed by atoms with Crippen LogP contribution in [0.2, 0.25) is 0 Å². The van der Waals surface area contributed by atoms with Gasteiger partial charge in [0.05, 0.1) is 6.61 Å². The van der Waals surface area contributed by atoms with Crippen LogP contribution in [0.15, 0.2) is 46.6 Å². The van der Waals surface area contributed by atoms with Gasteiger partial charge in [-0.3, -0.25) is 14.7 Å². The van der Waals surface area contributed by atoms with E-state index in [1.165, 1.54) is 23.8 Å². The van der Waals surface area contributed by atoms with Crippen LogP contribution in [0.5, 0.6) is 0 Å². The number of ether oxygens (including phenoxy) is 3. The summed E-state index contributed by atoms with van der Waals surface area (Å²) in [5, 5.41) is -0.320. The molecule has 0 aromatic heterocycles. The van der Waals surface area contributed by atoms with Gasteiger partial charge in [0.25, 0.3) is 5.91 Å². The lowest BCUT2D eigenvalue weighted by molar-refractivity contribution is -0.150. The fraction of sp³-hybridized carbons (Fsp3) is 0.421. The lowest BCUT2D eigenvalue weighted by Gasteiger charge is -2.48. The molecule has 0 N–H and O–H groups in total. The second-order valence-corrected chi connectivity index (χ2v) is 10.1. The van der Waals surface area contributed by atoms with Crippen molar-refractivity contribution in [1.82, 2.24) is 4.90 Å². The van der Waals surface area contributed by atoms with Gasteiger partial charge in [-0.05, 0) is 11.1 Å². The van der Waals surface area contributed by atoms with E-state index < -0.39 is 22.4 Å². The third-order valence-corrected chi connectivity index (χ3v) is 5.89. The van der Waals surface area contributed by atoms with Crippen molar-refractivity contribution < 1.29 is 23.8 Å². The number of esters is 1. The highest BCUT2D eigenvalue weighted by atomic mass is 35.6. The summed E-state index contributed by atoms with van der Waals surface area (Å²) in [7, 11) is 1.49. The third-order valence-electron chi connectivity index (χ3n) is 4.24. The average molecular weight is 494 g/mol. The zero-order valence-corrected chi connectivity index (χ0v) is 19.0. The maximum atomic E-state index is 12.8. The van der Waals surface area contributed by atoms with Gasteiger partial charge in [-0.15, -0.1) is 11.8 Å². The number of benzene rings is 1. The Bertz CT molecular complexity index is 844. The highest BCUT2D eigenvalue weighted by Crippen LogP contribution is 2.42. The second kappa shape index (κ2) is 10.3. The van der Waals surface area contributed by atoms with E-state index in [0.29, 0.717) is 11.3 Å². The van der Waals surface area contributed by atoms with Gasteiger partial charge >= 0.3 is 5.97 Å². The average Bonchev–Trinajstić information content (AvgIpc) is 2.72. The number of carbonyl (C=O) groups excluding carboxylic acids is 2. The molecule has 0 saturated carbocycles. The normalized spacial score (nSPS) is 21.6. The number of aliphatic imine (C=N–C) groups is 1. The number of fused-ring (bicyclic) bond motifs is 1. The van der Waals surface area contributed by atoms with Crippen molar-refractivity contribution in [3.8, 4) is 0 Å². The summed E-state index contributed by atoms with van der Waals surface area (Å²) in [4.78, 5) is 31.3. The molecule has 1 fully saturated rings. The summed E-state index contributed by atoms with van der Waals surface area (Å²) >= 11 is 18.5. The van der Waals surface area contributed by atoms with Gasteiger partial charge < -0.3 is 14.2 Å². The first-order valence-corrected chi connectivity index (χ1v) is 11.1. The Morgan fingerprint density at radius 3 is 2.73 bits per heavy atom. The topological polar surface area (TPSA) is 77.4 Å². The zero-order chi connectivity index (χ0) is 21.7. The number of nitrogens with zero attached hydrogens (tertiary/aromatic N) is 2. The first-order valence-electron chi connectivity index (χ1n) is 8.87. The first kappa shape index (κ1) is 23.4. The van der Waals surface area contributed by atoms with E-state index in [1.54, 1.807) is 6.21 Å². The summed E-state index contributed by atoms with van der Waals surface area (Å²) in [6.07, 6.45) is 1.65. The number of hydrogen-bond donors (Lipinski definition) is 0. The summed E-state index contributed by atoms with van der Waals surface area (Å²) in [5.74, 6) is -0.584.